The molecule has 0 saturated heterocycles. The Morgan fingerprint density at radius 3 is 2.81 bits per heavy atom. The lowest BCUT2D eigenvalue weighted by Crippen LogP contribution is -2.12. The van der Waals surface area contributed by atoms with Crippen molar-refractivity contribution in [3.63, 3.8) is 0 Å². The first-order valence-electron chi connectivity index (χ1n) is 4.75. The minimum absolute atomic E-state index is 0.124. The Bertz CT molecular complexity index is 373. The predicted molar refractivity (Wildman–Crippen MR) is 64.3 cm³/mol. The number of benzene rings is 1. The van der Waals surface area contributed by atoms with E-state index in [2.05, 4.69) is 5.32 Å². The van der Waals surface area contributed by atoms with E-state index < -0.39 is 0 Å². The molecular formula is C11H13ClFN3. The summed E-state index contributed by atoms with van der Waals surface area (Å²) in [6.07, 6.45) is 4.39. The van der Waals surface area contributed by atoms with Gasteiger partial charge in [-0.05, 0) is 30.0 Å². The minimum Gasteiger partial charge on any atom is -0.354 e. The summed E-state index contributed by atoms with van der Waals surface area (Å²) in [4.78, 5) is 0. The summed E-state index contributed by atoms with van der Waals surface area (Å²) in [6.45, 7) is 0.343. The molecule has 0 aromatic heterocycles. The highest BCUT2D eigenvalue weighted by molar-refractivity contribution is 6.30. The van der Waals surface area contributed by atoms with Gasteiger partial charge in [0.15, 0.2) is 0 Å². The number of rotatable bonds is 5. The Labute approximate surface area is 98.6 Å². The Balaban J connectivity index is 2.89. The zero-order valence-corrected chi connectivity index (χ0v) is 9.34. The highest BCUT2D eigenvalue weighted by atomic mass is 35.5. The van der Waals surface area contributed by atoms with Crippen LogP contribution in [-0.2, 0) is 0 Å². The first kappa shape index (κ1) is 12.7. The number of halogens is 2. The van der Waals surface area contributed by atoms with Crippen LogP contribution in [0.25, 0.3) is 0 Å². The standard InChI is InChI=1S/C11H13ClFN3/c12-10-3-9(4-11(13)5-10)8(6-14)1-2-16-7-15/h1-5,7-8H,6,14H2,(H2,15,16)/b2-1+. The zero-order valence-electron chi connectivity index (χ0n) is 8.58. The van der Waals surface area contributed by atoms with E-state index in [1.807, 2.05) is 0 Å². The third-order valence-corrected chi connectivity index (χ3v) is 2.29. The van der Waals surface area contributed by atoms with Crippen LogP contribution in [0.3, 0.4) is 0 Å². The van der Waals surface area contributed by atoms with E-state index >= 15 is 0 Å². The summed E-state index contributed by atoms with van der Waals surface area (Å²) in [5.41, 5.74) is 6.30. The molecule has 3 nitrogen and oxygen atoms in total. The van der Waals surface area contributed by atoms with Crippen molar-refractivity contribution in [1.82, 2.24) is 5.32 Å². The van der Waals surface area contributed by atoms with Gasteiger partial charge in [-0.15, -0.1) is 0 Å². The first-order chi connectivity index (χ1) is 7.67. The third kappa shape index (κ3) is 3.64. The molecule has 86 valence electrons. The second-order valence-electron chi connectivity index (χ2n) is 3.22. The fourth-order valence-corrected chi connectivity index (χ4v) is 1.57. The van der Waals surface area contributed by atoms with Gasteiger partial charge >= 0.3 is 0 Å². The SMILES string of the molecule is N=CN/C=C/C(CN)c1cc(F)cc(Cl)c1. The summed E-state index contributed by atoms with van der Waals surface area (Å²) in [5, 5.41) is 9.72. The molecule has 0 aliphatic carbocycles. The number of hydrogen-bond donors (Lipinski definition) is 3. The first-order valence-corrected chi connectivity index (χ1v) is 5.13. The van der Waals surface area contributed by atoms with Gasteiger partial charge in [-0.1, -0.05) is 17.7 Å². The molecule has 5 heteroatoms. The van der Waals surface area contributed by atoms with Crippen molar-refractivity contribution in [3.05, 3.63) is 46.9 Å². The van der Waals surface area contributed by atoms with Crippen molar-refractivity contribution in [2.24, 2.45) is 5.73 Å². The minimum atomic E-state index is -0.380. The van der Waals surface area contributed by atoms with Crippen LogP contribution in [-0.4, -0.2) is 12.9 Å². The zero-order chi connectivity index (χ0) is 12.0. The molecular weight excluding hydrogens is 229 g/mol. The van der Waals surface area contributed by atoms with Gasteiger partial charge < -0.3 is 11.1 Å². The van der Waals surface area contributed by atoms with Crippen LogP contribution in [0.2, 0.25) is 5.02 Å². The maximum absolute atomic E-state index is 13.1. The van der Waals surface area contributed by atoms with Crippen LogP contribution >= 0.6 is 11.6 Å². The average molecular weight is 242 g/mol. The van der Waals surface area contributed by atoms with E-state index in [4.69, 9.17) is 22.7 Å². The van der Waals surface area contributed by atoms with Crippen molar-refractivity contribution in [2.45, 2.75) is 5.92 Å². The van der Waals surface area contributed by atoms with Crippen LogP contribution in [0.1, 0.15) is 11.5 Å². The van der Waals surface area contributed by atoms with E-state index in [0.29, 0.717) is 11.6 Å². The Morgan fingerprint density at radius 1 is 1.50 bits per heavy atom. The number of hydrogen-bond acceptors (Lipinski definition) is 2. The van der Waals surface area contributed by atoms with Crippen molar-refractivity contribution in [1.29, 1.82) is 5.41 Å². The van der Waals surface area contributed by atoms with Crippen molar-refractivity contribution in [2.75, 3.05) is 6.54 Å². The molecule has 1 rings (SSSR count). The molecule has 4 N–H and O–H groups in total. The fourth-order valence-electron chi connectivity index (χ4n) is 1.33. The lowest BCUT2D eigenvalue weighted by molar-refractivity contribution is 0.624. The van der Waals surface area contributed by atoms with Crippen LogP contribution < -0.4 is 11.1 Å². The van der Waals surface area contributed by atoms with Crippen LogP contribution in [0.15, 0.2) is 30.5 Å². The van der Waals surface area contributed by atoms with Gasteiger partial charge in [0.2, 0.25) is 0 Å². The van der Waals surface area contributed by atoms with Gasteiger partial charge in [-0.2, -0.15) is 0 Å². The fraction of sp³-hybridized carbons (Fsp3) is 0.182. The molecule has 0 aliphatic rings. The maximum atomic E-state index is 13.1. The van der Waals surface area contributed by atoms with Gasteiger partial charge in [0.05, 0.1) is 6.34 Å². The van der Waals surface area contributed by atoms with Gasteiger partial charge in [-0.25, -0.2) is 4.39 Å². The Hall–Kier alpha value is -1.39. The summed E-state index contributed by atoms with van der Waals surface area (Å²) >= 11 is 5.76. The second-order valence-corrected chi connectivity index (χ2v) is 3.65. The largest absolute Gasteiger partial charge is 0.354 e. The highest BCUT2D eigenvalue weighted by Crippen LogP contribution is 2.21. The maximum Gasteiger partial charge on any atom is 0.124 e. The number of nitrogens with one attached hydrogen (secondary N) is 2. The summed E-state index contributed by atoms with van der Waals surface area (Å²) in [5.74, 6) is -0.505. The predicted octanol–water partition coefficient (Wildman–Crippen LogP) is 2.23. The molecule has 1 atom stereocenters. The molecule has 1 unspecified atom stereocenters. The Morgan fingerprint density at radius 2 is 2.25 bits per heavy atom. The highest BCUT2D eigenvalue weighted by Gasteiger charge is 2.08. The van der Waals surface area contributed by atoms with E-state index in [1.54, 1.807) is 18.3 Å². The van der Waals surface area contributed by atoms with E-state index in [1.165, 1.54) is 12.1 Å². The van der Waals surface area contributed by atoms with Gasteiger partial charge in [-0.3, -0.25) is 5.41 Å². The molecule has 16 heavy (non-hydrogen) atoms. The monoisotopic (exact) mass is 241 g/mol. The topological polar surface area (TPSA) is 61.9 Å². The molecule has 1 aromatic rings. The van der Waals surface area contributed by atoms with Gasteiger partial charge in [0.25, 0.3) is 0 Å². The molecule has 0 aliphatic heterocycles. The van der Waals surface area contributed by atoms with Crippen LogP contribution in [0.5, 0.6) is 0 Å². The molecule has 0 amide bonds. The van der Waals surface area contributed by atoms with E-state index in [0.717, 1.165) is 11.9 Å². The quantitative estimate of drug-likeness (QED) is 0.547. The summed E-state index contributed by atoms with van der Waals surface area (Å²) in [6, 6.07) is 4.33. The average Bonchev–Trinajstić information content (AvgIpc) is 2.23. The van der Waals surface area contributed by atoms with Gasteiger partial charge in [0.1, 0.15) is 5.82 Å². The molecule has 0 heterocycles. The van der Waals surface area contributed by atoms with E-state index in [-0.39, 0.29) is 11.7 Å². The second kappa shape index (κ2) is 6.25. The molecule has 0 fully saturated rings. The molecule has 0 radical (unpaired) electrons. The van der Waals surface area contributed by atoms with Crippen LogP contribution in [0, 0.1) is 11.2 Å². The van der Waals surface area contributed by atoms with E-state index in [9.17, 15) is 4.39 Å². The molecule has 0 bridgehead atoms. The van der Waals surface area contributed by atoms with Crippen molar-refractivity contribution < 1.29 is 4.39 Å². The molecule has 0 saturated carbocycles. The normalized spacial score (nSPS) is 12.7. The van der Waals surface area contributed by atoms with Crippen molar-refractivity contribution in [3.8, 4) is 0 Å². The van der Waals surface area contributed by atoms with Gasteiger partial charge in [0, 0.05) is 17.5 Å². The molecule has 0 spiro atoms. The smallest absolute Gasteiger partial charge is 0.124 e. The summed E-state index contributed by atoms with van der Waals surface area (Å²) in [7, 11) is 0. The lowest BCUT2D eigenvalue weighted by atomic mass is 9.99. The lowest BCUT2D eigenvalue weighted by Gasteiger charge is -2.11. The van der Waals surface area contributed by atoms with Crippen LogP contribution in [0.4, 0.5) is 4.39 Å². The Kier molecular flexibility index (Phi) is 4.95. The number of nitrogens with two attached hydrogens (primary N) is 1. The van der Waals surface area contributed by atoms with Crippen molar-refractivity contribution >= 4 is 17.9 Å². The molecule has 1 aromatic carbocycles. The summed E-state index contributed by atoms with van der Waals surface area (Å²) < 4.78 is 13.1. The third-order valence-electron chi connectivity index (χ3n) is 2.08.